The zero-order valence-electron chi connectivity index (χ0n) is 15.7. The predicted molar refractivity (Wildman–Crippen MR) is 113 cm³/mol. The fourth-order valence-electron chi connectivity index (χ4n) is 2.44. The molecular weight excluding hydrogens is 390 g/mol. The SMILES string of the molecule is COc1cccc(CNC(=O)CSc2nccnc2Sc2cccc(C)c2)c1. The van der Waals surface area contributed by atoms with Gasteiger partial charge in [-0.05, 0) is 36.8 Å². The Morgan fingerprint density at radius 2 is 1.86 bits per heavy atom. The first-order valence-corrected chi connectivity index (χ1v) is 10.5. The number of thioether (sulfide) groups is 1. The number of carbonyl (C=O) groups excluding carboxylic acids is 1. The van der Waals surface area contributed by atoms with E-state index in [4.69, 9.17) is 4.74 Å². The summed E-state index contributed by atoms with van der Waals surface area (Å²) in [5, 5.41) is 4.49. The van der Waals surface area contributed by atoms with E-state index in [1.165, 1.54) is 17.3 Å². The van der Waals surface area contributed by atoms with Gasteiger partial charge in [-0.15, -0.1) is 0 Å². The van der Waals surface area contributed by atoms with Gasteiger partial charge in [0, 0.05) is 23.8 Å². The van der Waals surface area contributed by atoms with Crippen LogP contribution in [0.5, 0.6) is 5.75 Å². The molecule has 3 aromatic rings. The molecule has 0 spiro atoms. The van der Waals surface area contributed by atoms with Gasteiger partial charge in [0.15, 0.2) is 0 Å². The van der Waals surface area contributed by atoms with Crippen molar-refractivity contribution in [3.63, 3.8) is 0 Å². The normalized spacial score (nSPS) is 10.5. The second-order valence-corrected chi connectivity index (χ2v) is 8.03. The maximum absolute atomic E-state index is 12.2. The van der Waals surface area contributed by atoms with Crippen LogP contribution in [0.1, 0.15) is 11.1 Å². The molecule has 1 aromatic heterocycles. The van der Waals surface area contributed by atoms with Crippen molar-refractivity contribution in [2.75, 3.05) is 12.9 Å². The minimum atomic E-state index is -0.0509. The first-order valence-electron chi connectivity index (χ1n) is 8.72. The summed E-state index contributed by atoms with van der Waals surface area (Å²) >= 11 is 2.94. The maximum atomic E-state index is 12.2. The molecule has 0 fully saturated rings. The fourth-order valence-corrected chi connectivity index (χ4v) is 4.29. The number of amides is 1. The van der Waals surface area contributed by atoms with Gasteiger partial charge < -0.3 is 10.1 Å². The van der Waals surface area contributed by atoms with Crippen molar-refractivity contribution < 1.29 is 9.53 Å². The second-order valence-electron chi connectivity index (χ2n) is 6.00. The third-order valence-electron chi connectivity index (χ3n) is 3.80. The monoisotopic (exact) mass is 411 g/mol. The molecule has 144 valence electrons. The van der Waals surface area contributed by atoms with E-state index < -0.39 is 0 Å². The molecule has 28 heavy (non-hydrogen) atoms. The van der Waals surface area contributed by atoms with Crippen LogP contribution in [0.25, 0.3) is 0 Å². The van der Waals surface area contributed by atoms with Crippen molar-refractivity contribution in [3.8, 4) is 5.75 Å². The Morgan fingerprint density at radius 3 is 2.64 bits per heavy atom. The summed E-state index contributed by atoms with van der Waals surface area (Å²) in [5.41, 5.74) is 2.19. The Morgan fingerprint density at radius 1 is 1.07 bits per heavy atom. The summed E-state index contributed by atoms with van der Waals surface area (Å²) in [6.45, 7) is 2.52. The summed E-state index contributed by atoms with van der Waals surface area (Å²) in [5.74, 6) is 1.01. The van der Waals surface area contributed by atoms with Crippen LogP contribution in [-0.4, -0.2) is 28.7 Å². The summed E-state index contributed by atoms with van der Waals surface area (Å²) in [7, 11) is 1.63. The molecular formula is C21H21N3O2S2. The van der Waals surface area contributed by atoms with Crippen molar-refractivity contribution >= 4 is 29.4 Å². The lowest BCUT2D eigenvalue weighted by molar-refractivity contribution is -0.118. The zero-order chi connectivity index (χ0) is 19.8. The van der Waals surface area contributed by atoms with Crippen LogP contribution >= 0.6 is 23.5 Å². The molecule has 7 heteroatoms. The van der Waals surface area contributed by atoms with Crippen molar-refractivity contribution in [2.24, 2.45) is 0 Å². The van der Waals surface area contributed by atoms with Crippen LogP contribution in [0.15, 0.2) is 75.9 Å². The molecule has 5 nitrogen and oxygen atoms in total. The molecule has 2 aromatic carbocycles. The van der Waals surface area contributed by atoms with E-state index in [2.05, 4.69) is 34.3 Å². The van der Waals surface area contributed by atoms with Gasteiger partial charge in [0.2, 0.25) is 5.91 Å². The third kappa shape index (κ3) is 6.00. The number of carbonyl (C=O) groups is 1. The number of methoxy groups -OCH3 is 1. The number of hydrogen-bond acceptors (Lipinski definition) is 6. The summed E-state index contributed by atoms with van der Waals surface area (Å²) in [6, 6.07) is 15.9. The van der Waals surface area contributed by atoms with Crippen molar-refractivity contribution in [1.82, 2.24) is 15.3 Å². The van der Waals surface area contributed by atoms with Crippen LogP contribution in [-0.2, 0) is 11.3 Å². The Bertz CT molecular complexity index is 950. The molecule has 0 aliphatic carbocycles. The Labute approximate surface area is 173 Å². The van der Waals surface area contributed by atoms with Gasteiger partial charge in [-0.2, -0.15) is 0 Å². The number of aryl methyl sites for hydroxylation is 1. The van der Waals surface area contributed by atoms with E-state index in [1.807, 2.05) is 36.4 Å². The molecule has 1 heterocycles. The molecule has 1 amide bonds. The van der Waals surface area contributed by atoms with E-state index >= 15 is 0 Å². The van der Waals surface area contributed by atoms with Gasteiger partial charge in [-0.25, -0.2) is 9.97 Å². The lowest BCUT2D eigenvalue weighted by Gasteiger charge is -2.08. The topological polar surface area (TPSA) is 64.1 Å². The number of aromatic nitrogens is 2. The smallest absolute Gasteiger partial charge is 0.230 e. The van der Waals surface area contributed by atoms with E-state index in [9.17, 15) is 4.79 Å². The molecule has 0 saturated carbocycles. The number of benzene rings is 2. The van der Waals surface area contributed by atoms with E-state index in [1.54, 1.807) is 31.3 Å². The fraction of sp³-hybridized carbons (Fsp3) is 0.190. The summed E-state index contributed by atoms with van der Waals surface area (Å²) in [4.78, 5) is 22.2. The molecule has 0 bridgehead atoms. The number of nitrogens with zero attached hydrogens (tertiary/aromatic N) is 2. The van der Waals surface area contributed by atoms with Crippen LogP contribution < -0.4 is 10.1 Å². The first-order chi connectivity index (χ1) is 13.6. The molecule has 3 rings (SSSR count). The van der Waals surface area contributed by atoms with Crippen LogP contribution in [0.3, 0.4) is 0 Å². The number of hydrogen-bond donors (Lipinski definition) is 1. The van der Waals surface area contributed by atoms with Crippen LogP contribution in [0.2, 0.25) is 0 Å². The van der Waals surface area contributed by atoms with Gasteiger partial charge >= 0.3 is 0 Å². The molecule has 0 aliphatic heterocycles. The summed E-state index contributed by atoms with van der Waals surface area (Å²) in [6.07, 6.45) is 3.32. The molecule has 0 aliphatic rings. The second kappa shape index (κ2) is 10.1. The van der Waals surface area contributed by atoms with E-state index in [0.717, 1.165) is 26.3 Å². The van der Waals surface area contributed by atoms with Crippen molar-refractivity contribution in [3.05, 3.63) is 72.1 Å². The van der Waals surface area contributed by atoms with E-state index in [-0.39, 0.29) is 11.7 Å². The average Bonchev–Trinajstić information content (AvgIpc) is 2.72. The maximum Gasteiger partial charge on any atom is 0.230 e. The molecule has 0 atom stereocenters. The predicted octanol–water partition coefficient (Wildman–Crippen LogP) is 4.35. The zero-order valence-corrected chi connectivity index (χ0v) is 17.3. The van der Waals surface area contributed by atoms with Gasteiger partial charge in [0.25, 0.3) is 0 Å². The standard InChI is InChI=1S/C21H21N3O2S2/c1-15-5-3-8-18(11-15)28-21-20(22-9-10-23-21)27-14-19(25)24-13-16-6-4-7-17(12-16)26-2/h3-12H,13-14H2,1-2H3,(H,24,25). The highest BCUT2D eigenvalue weighted by molar-refractivity contribution is 8.02. The first kappa shape index (κ1) is 20.2. The van der Waals surface area contributed by atoms with Gasteiger partial charge in [0.1, 0.15) is 15.8 Å². The van der Waals surface area contributed by atoms with Crippen molar-refractivity contribution in [2.45, 2.75) is 28.4 Å². The lowest BCUT2D eigenvalue weighted by Crippen LogP contribution is -2.24. The lowest BCUT2D eigenvalue weighted by atomic mass is 10.2. The Hall–Kier alpha value is -2.51. The van der Waals surface area contributed by atoms with E-state index in [0.29, 0.717) is 6.54 Å². The Balaban J connectivity index is 1.56. The third-order valence-corrected chi connectivity index (χ3v) is 5.89. The Kier molecular flexibility index (Phi) is 7.33. The quantitative estimate of drug-likeness (QED) is 0.556. The molecule has 1 N–H and O–H groups in total. The average molecular weight is 412 g/mol. The highest BCUT2D eigenvalue weighted by Crippen LogP contribution is 2.32. The molecule has 0 radical (unpaired) electrons. The van der Waals surface area contributed by atoms with Crippen molar-refractivity contribution in [1.29, 1.82) is 0 Å². The number of nitrogens with one attached hydrogen (secondary N) is 1. The summed E-state index contributed by atoms with van der Waals surface area (Å²) < 4.78 is 5.20. The van der Waals surface area contributed by atoms with Crippen LogP contribution in [0.4, 0.5) is 0 Å². The highest BCUT2D eigenvalue weighted by atomic mass is 32.2. The number of ether oxygens (including phenoxy) is 1. The minimum absolute atomic E-state index is 0.0509. The van der Waals surface area contributed by atoms with Gasteiger partial charge in [-0.3, -0.25) is 4.79 Å². The molecule has 0 saturated heterocycles. The number of rotatable bonds is 8. The van der Waals surface area contributed by atoms with Gasteiger partial charge in [-0.1, -0.05) is 53.4 Å². The molecule has 0 unspecified atom stereocenters. The van der Waals surface area contributed by atoms with Gasteiger partial charge in [0.05, 0.1) is 12.9 Å². The highest BCUT2D eigenvalue weighted by Gasteiger charge is 2.11. The minimum Gasteiger partial charge on any atom is -0.497 e. The van der Waals surface area contributed by atoms with Crippen LogP contribution in [0, 0.1) is 6.92 Å². The largest absolute Gasteiger partial charge is 0.497 e.